The van der Waals surface area contributed by atoms with Crippen molar-refractivity contribution in [3.63, 3.8) is 0 Å². The van der Waals surface area contributed by atoms with Crippen molar-refractivity contribution in [1.82, 2.24) is 0 Å². The van der Waals surface area contributed by atoms with Crippen molar-refractivity contribution in [2.24, 2.45) is 0 Å². The highest BCUT2D eigenvalue weighted by Gasteiger charge is 2.21. The number of carbonyl (C=O) groups is 1. The molecule has 1 aliphatic rings. The number of carbonyl (C=O) groups excluding carboxylic acids is 1. The molecule has 1 N–H and O–H groups in total. The lowest BCUT2D eigenvalue weighted by Gasteiger charge is -2.25. The molecule has 4 heteroatoms. The predicted octanol–water partition coefficient (Wildman–Crippen LogP) is 1.25. The van der Waals surface area contributed by atoms with Crippen LogP contribution in [0.25, 0.3) is 0 Å². The molecule has 0 spiro atoms. The molecule has 0 fully saturated rings. The van der Waals surface area contributed by atoms with Crippen LogP contribution < -0.4 is 4.90 Å². The molecule has 14 heavy (non-hydrogen) atoms. The number of anilines is 1. The highest BCUT2D eigenvalue weighted by molar-refractivity contribution is 8.00. The summed E-state index contributed by atoms with van der Waals surface area (Å²) >= 11 is 1.55. The molecule has 1 heterocycles. The Bertz CT molecular complexity index is 378. The predicted molar refractivity (Wildman–Crippen MR) is 56.5 cm³/mol. The standard InChI is InChI=1S/C10H11NO2S/c1-11-8-4-7(5-12)2-3-9(8)14-6-10(11)13/h2-4,12H,5-6H2,1H3. The third-order valence-corrected chi connectivity index (χ3v) is 3.34. The van der Waals surface area contributed by atoms with Gasteiger partial charge >= 0.3 is 0 Å². The fourth-order valence-corrected chi connectivity index (χ4v) is 2.40. The van der Waals surface area contributed by atoms with Gasteiger partial charge in [0.2, 0.25) is 5.91 Å². The number of aliphatic hydroxyl groups is 1. The molecule has 0 aliphatic carbocycles. The number of amides is 1. The lowest BCUT2D eigenvalue weighted by Crippen LogP contribution is -2.31. The van der Waals surface area contributed by atoms with Crippen LogP contribution in [0.1, 0.15) is 5.56 Å². The van der Waals surface area contributed by atoms with Crippen molar-refractivity contribution in [2.45, 2.75) is 11.5 Å². The molecule has 0 radical (unpaired) electrons. The van der Waals surface area contributed by atoms with E-state index in [9.17, 15) is 4.79 Å². The van der Waals surface area contributed by atoms with E-state index in [1.807, 2.05) is 18.2 Å². The van der Waals surface area contributed by atoms with Crippen LogP contribution >= 0.6 is 11.8 Å². The van der Waals surface area contributed by atoms with Crippen LogP contribution in [0.15, 0.2) is 23.1 Å². The zero-order chi connectivity index (χ0) is 10.1. The molecule has 74 valence electrons. The first kappa shape index (κ1) is 9.55. The van der Waals surface area contributed by atoms with E-state index in [1.165, 1.54) is 0 Å². The second kappa shape index (κ2) is 3.63. The lowest BCUT2D eigenvalue weighted by atomic mass is 10.2. The van der Waals surface area contributed by atoms with E-state index in [-0.39, 0.29) is 12.5 Å². The summed E-state index contributed by atoms with van der Waals surface area (Å²) in [7, 11) is 1.77. The van der Waals surface area contributed by atoms with E-state index in [0.29, 0.717) is 5.75 Å². The minimum absolute atomic E-state index is 0.0139. The van der Waals surface area contributed by atoms with Crippen LogP contribution in [-0.2, 0) is 11.4 Å². The van der Waals surface area contributed by atoms with Gasteiger partial charge in [-0.2, -0.15) is 0 Å². The number of thioether (sulfide) groups is 1. The number of hydrogen-bond donors (Lipinski definition) is 1. The van der Waals surface area contributed by atoms with Gasteiger partial charge in [0.05, 0.1) is 18.0 Å². The number of aliphatic hydroxyl groups excluding tert-OH is 1. The molecule has 1 amide bonds. The van der Waals surface area contributed by atoms with Crippen molar-refractivity contribution in [1.29, 1.82) is 0 Å². The van der Waals surface area contributed by atoms with E-state index < -0.39 is 0 Å². The van der Waals surface area contributed by atoms with Crippen LogP contribution in [0.2, 0.25) is 0 Å². The van der Waals surface area contributed by atoms with E-state index in [0.717, 1.165) is 16.1 Å². The quantitative estimate of drug-likeness (QED) is 0.756. The van der Waals surface area contributed by atoms with Gasteiger partial charge in [0.1, 0.15) is 0 Å². The first-order chi connectivity index (χ1) is 6.72. The van der Waals surface area contributed by atoms with Crippen LogP contribution in [0, 0.1) is 0 Å². The van der Waals surface area contributed by atoms with Gasteiger partial charge in [-0.05, 0) is 17.7 Å². The third-order valence-electron chi connectivity index (χ3n) is 2.29. The maximum absolute atomic E-state index is 11.4. The summed E-state index contributed by atoms with van der Waals surface area (Å²) in [5.41, 5.74) is 1.74. The lowest BCUT2D eigenvalue weighted by molar-refractivity contribution is -0.116. The molecule has 0 aromatic heterocycles. The molecule has 1 aromatic carbocycles. The van der Waals surface area contributed by atoms with Gasteiger partial charge in [-0.15, -0.1) is 11.8 Å². The minimum Gasteiger partial charge on any atom is -0.392 e. The van der Waals surface area contributed by atoms with E-state index in [2.05, 4.69) is 0 Å². The van der Waals surface area contributed by atoms with Crippen molar-refractivity contribution in [3.8, 4) is 0 Å². The molecule has 0 saturated heterocycles. The Balaban J connectivity index is 2.46. The zero-order valence-corrected chi connectivity index (χ0v) is 8.67. The highest BCUT2D eigenvalue weighted by atomic mass is 32.2. The normalized spacial score (nSPS) is 15.6. The smallest absolute Gasteiger partial charge is 0.237 e. The van der Waals surface area contributed by atoms with Gasteiger partial charge in [-0.25, -0.2) is 0 Å². The average Bonchev–Trinajstić information content (AvgIpc) is 2.23. The summed E-state index contributed by atoms with van der Waals surface area (Å²) in [5.74, 6) is 0.611. The van der Waals surface area contributed by atoms with Gasteiger partial charge in [0, 0.05) is 11.9 Å². The van der Waals surface area contributed by atoms with E-state index in [1.54, 1.807) is 23.7 Å². The summed E-state index contributed by atoms with van der Waals surface area (Å²) in [6.07, 6.45) is 0. The molecule has 0 bridgehead atoms. The largest absolute Gasteiger partial charge is 0.392 e. The first-order valence-corrected chi connectivity index (χ1v) is 5.34. The fourth-order valence-electron chi connectivity index (χ4n) is 1.42. The summed E-state index contributed by atoms with van der Waals surface area (Å²) in [6, 6.07) is 5.70. The Labute approximate surface area is 86.7 Å². The maximum atomic E-state index is 11.4. The summed E-state index contributed by atoms with van der Waals surface area (Å²) < 4.78 is 0. The number of nitrogens with zero attached hydrogens (tertiary/aromatic N) is 1. The Morgan fingerprint density at radius 2 is 2.36 bits per heavy atom. The molecule has 0 atom stereocenters. The molecular formula is C10H11NO2S. The topological polar surface area (TPSA) is 40.5 Å². The summed E-state index contributed by atoms with van der Waals surface area (Å²) in [6.45, 7) is 0.0139. The van der Waals surface area contributed by atoms with E-state index in [4.69, 9.17) is 5.11 Å². The number of fused-ring (bicyclic) bond motifs is 1. The van der Waals surface area contributed by atoms with Crippen molar-refractivity contribution in [2.75, 3.05) is 17.7 Å². The number of benzene rings is 1. The van der Waals surface area contributed by atoms with Crippen molar-refractivity contribution >= 4 is 23.4 Å². The van der Waals surface area contributed by atoms with Crippen molar-refractivity contribution < 1.29 is 9.90 Å². The molecule has 3 nitrogen and oxygen atoms in total. The minimum atomic E-state index is 0.0139. The second-order valence-electron chi connectivity index (χ2n) is 3.20. The Morgan fingerprint density at radius 1 is 1.57 bits per heavy atom. The van der Waals surface area contributed by atoms with E-state index >= 15 is 0 Å². The Hall–Kier alpha value is -1.00. The third kappa shape index (κ3) is 1.51. The highest BCUT2D eigenvalue weighted by Crippen LogP contribution is 2.34. The molecule has 1 aliphatic heterocycles. The Morgan fingerprint density at radius 3 is 3.07 bits per heavy atom. The first-order valence-electron chi connectivity index (χ1n) is 4.35. The van der Waals surface area contributed by atoms with Gasteiger partial charge in [-0.3, -0.25) is 4.79 Å². The summed E-state index contributed by atoms with van der Waals surface area (Å²) in [4.78, 5) is 14.1. The van der Waals surface area contributed by atoms with Crippen LogP contribution in [-0.4, -0.2) is 23.8 Å². The van der Waals surface area contributed by atoms with Crippen LogP contribution in [0.3, 0.4) is 0 Å². The second-order valence-corrected chi connectivity index (χ2v) is 4.22. The van der Waals surface area contributed by atoms with Crippen LogP contribution in [0.5, 0.6) is 0 Å². The maximum Gasteiger partial charge on any atom is 0.237 e. The summed E-state index contributed by atoms with van der Waals surface area (Å²) in [5, 5.41) is 8.98. The molecule has 0 saturated carbocycles. The number of rotatable bonds is 1. The monoisotopic (exact) mass is 209 g/mol. The number of hydrogen-bond acceptors (Lipinski definition) is 3. The fraction of sp³-hybridized carbons (Fsp3) is 0.300. The van der Waals surface area contributed by atoms with Crippen LogP contribution in [0.4, 0.5) is 5.69 Å². The average molecular weight is 209 g/mol. The molecule has 0 unspecified atom stereocenters. The van der Waals surface area contributed by atoms with Gasteiger partial charge in [0.15, 0.2) is 0 Å². The van der Waals surface area contributed by atoms with Crippen molar-refractivity contribution in [3.05, 3.63) is 23.8 Å². The molecule has 1 aromatic rings. The van der Waals surface area contributed by atoms with Gasteiger partial charge in [0.25, 0.3) is 0 Å². The van der Waals surface area contributed by atoms with Gasteiger partial charge in [-0.1, -0.05) is 6.07 Å². The Kier molecular flexibility index (Phi) is 2.48. The SMILES string of the molecule is CN1C(=O)CSc2ccc(CO)cc21. The molecular weight excluding hydrogens is 198 g/mol. The molecule has 2 rings (SSSR count). The zero-order valence-electron chi connectivity index (χ0n) is 7.86. The van der Waals surface area contributed by atoms with Gasteiger partial charge < -0.3 is 10.0 Å².